The fraction of sp³-hybridized carbons (Fsp3) is 0.0588. The van der Waals surface area contributed by atoms with Crippen molar-refractivity contribution in [3.8, 4) is 22.9 Å². The van der Waals surface area contributed by atoms with Gasteiger partial charge in [-0.25, -0.2) is 4.98 Å². The van der Waals surface area contributed by atoms with Crippen molar-refractivity contribution < 1.29 is 8.83 Å². The number of hydrogen-bond donors (Lipinski definition) is 0. The zero-order chi connectivity index (χ0) is 17.1. The molecule has 4 aromatic rings. The first kappa shape index (κ1) is 15.9. The Morgan fingerprint density at radius 3 is 2.80 bits per heavy atom. The molecule has 25 heavy (non-hydrogen) atoms. The highest BCUT2D eigenvalue weighted by Gasteiger charge is 2.12. The monoisotopic (exact) mass is 370 g/mol. The molecule has 1 aromatic carbocycles. The van der Waals surface area contributed by atoms with E-state index in [9.17, 15) is 0 Å². The van der Waals surface area contributed by atoms with Crippen molar-refractivity contribution in [1.29, 1.82) is 0 Å². The van der Waals surface area contributed by atoms with Gasteiger partial charge in [-0.2, -0.15) is 0 Å². The lowest BCUT2D eigenvalue weighted by atomic mass is 10.2. The maximum Gasteiger partial charge on any atom is 0.277 e. The molecule has 0 saturated heterocycles. The molecular formula is C17H11ClN4O2S. The van der Waals surface area contributed by atoms with Crippen LogP contribution in [0.4, 0.5) is 0 Å². The van der Waals surface area contributed by atoms with Crippen LogP contribution in [-0.4, -0.2) is 20.2 Å². The van der Waals surface area contributed by atoms with Crippen LogP contribution in [0.3, 0.4) is 0 Å². The van der Waals surface area contributed by atoms with Crippen LogP contribution in [0.2, 0.25) is 5.02 Å². The highest BCUT2D eigenvalue weighted by atomic mass is 35.5. The summed E-state index contributed by atoms with van der Waals surface area (Å²) in [6.45, 7) is 0. The summed E-state index contributed by atoms with van der Waals surface area (Å²) < 4.78 is 11.1. The molecule has 124 valence electrons. The van der Waals surface area contributed by atoms with Crippen LogP contribution in [0.25, 0.3) is 22.9 Å². The molecule has 6 nitrogen and oxygen atoms in total. The topological polar surface area (TPSA) is 77.8 Å². The number of thioether (sulfide) groups is 1. The SMILES string of the molecule is Clc1cccc(-c2nc(CSc3nnc(-c4cccnc4)o3)co2)c1. The summed E-state index contributed by atoms with van der Waals surface area (Å²) in [4.78, 5) is 8.49. The lowest BCUT2D eigenvalue weighted by Crippen LogP contribution is -1.82. The zero-order valence-corrected chi connectivity index (χ0v) is 14.4. The fourth-order valence-electron chi connectivity index (χ4n) is 2.14. The van der Waals surface area contributed by atoms with Crippen LogP contribution in [0.5, 0.6) is 0 Å². The first-order valence-corrected chi connectivity index (χ1v) is 8.71. The van der Waals surface area contributed by atoms with E-state index in [2.05, 4.69) is 20.2 Å². The third-order valence-corrected chi connectivity index (χ3v) is 4.37. The van der Waals surface area contributed by atoms with Gasteiger partial charge in [0.15, 0.2) is 0 Å². The van der Waals surface area contributed by atoms with E-state index < -0.39 is 0 Å². The molecule has 0 aliphatic heterocycles. The second-order valence-corrected chi connectivity index (χ2v) is 6.42. The van der Waals surface area contributed by atoms with Crippen LogP contribution in [0, 0.1) is 0 Å². The van der Waals surface area contributed by atoms with Crippen molar-refractivity contribution in [2.45, 2.75) is 11.0 Å². The summed E-state index contributed by atoms with van der Waals surface area (Å²) in [7, 11) is 0. The van der Waals surface area contributed by atoms with Crippen LogP contribution < -0.4 is 0 Å². The number of nitrogens with zero attached hydrogens (tertiary/aromatic N) is 4. The average Bonchev–Trinajstić information content (AvgIpc) is 3.30. The fourth-order valence-corrected chi connectivity index (χ4v) is 2.97. The quantitative estimate of drug-likeness (QED) is 0.470. The molecule has 0 aliphatic rings. The van der Waals surface area contributed by atoms with Gasteiger partial charge in [-0.15, -0.1) is 10.2 Å². The van der Waals surface area contributed by atoms with Crippen molar-refractivity contribution >= 4 is 23.4 Å². The van der Waals surface area contributed by atoms with Gasteiger partial charge in [0.1, 0.15) is 6.26 Å². The Kier molecular flexibility index (Phi) is 4.49. The van der Waals surface area contributed by atoms with Crippen molar-refractivity contribution in [3.05, 3.63) is 65.8 Å². The van der Waals surface area contributed by atoms with E-state index in [0.29, 0.717) is 27.8 Å². The summed E-state index contributed by atoms with van der Waals surface area (Å²) in [5.41, 5.74) is 2.40. The Morgan fingerprint density at radius 1 is 1.04 bits per heavy atom. The van der Waals surface area contributed by atoms with E-state index in [0.717, 1.165) is 16.8 Å². The number of pyridine rings is 1. The highest BCUT2D eigenvalue weighted by molar-refractivity contribution is 7.98. The van der Waals surface area contributed by atoms with E-state index in [1.54, 1.807) is 24.7 Å². The van der Waals surface area contributed by atoms with Crippen LogP contribution in [-0.2, 0) is 5.75 Å². The summed E-state index contributed by atoms with van der Waals surface area (Å²) in [6.07, 6.45) is 4.98. The van der Waals surface area contributed by atoms with Gasteiger partial charge in [-0.05, 0) is 30.3 Å². The smallest absolute Gasteiger partial charge is 0.277 e. The maximum absolute atomic E-state index is 5.99. The molecule has 3 aromatic heterocycles. The third kappa shape index (κ3) is 3.72. The van der Waals surface area contributed by atoms with E-state index >= 15 is 0 Å². The second-order valence-electron chi connectivity index (χ2n) is 5.06. The number of benzene rings is 1. The Labute approximate surface area is 152 Å². The highest BCUT2D eigenvalue weighted by Crippen LogP contribution is 2.27. The Bertz CT molecular complexity index is 987. The van der Waals surface area contributed by atoms with Crippen molar-refractivity contribution in [3.63, 3.8) is 0 Å². The van der Waals surface area contributed by atoms with Crippen molar-refractivity contribution in [2.24, 2.45) is 0 Å². The number of aromatic nitrogens is 4. The largest absolute Gasteiger partial charge is 0.444 e. The number of rotatable bonds is 5. The molecule has 0 N–H and O–H groups in total. The summed E-state index contributed by atoms with van der Waals surface area (Å²) in [6, 6.07) is 11.0. The van der Waals surface area contributed by atoms with Gasteiger partial charge < -0.3 is 8.83 Å². The first-order valence-electron chi connectivity index (χ1n) is 7.35. The third-order valence-electron chi connectivity index (χ3n) is 3.28. The minimum absolute atomic E-state index is 0.440. The number of hydrogen-bond acceptors (Lipinski definition) is 7. The Hall–Kier alpha value is -2.64. The molecular weight excluding hydrogens is 360 g/mol. The van der Waals surface area contributed by atoms with Gasteiger partial charge in [-0.1, -0.05) is 29.4 Å². The van der Waals surface area contributed by atoms with Gasteiger partial charge in [-0.3, -0.25) is 4.98 Å². The minimum Gasteiger partial charge on any atom is -0.444 e. The van der Waals surface area contributed by atoms with Gasteiger partial charge in [0.05, 0.1) is 11.3 Å². The minimum atomic E-state index is 0.440. The molecule has 3 heterocycles. The lowest BCUT2D eigenvalue weighted by Gasteiger charge is -1.95. The molecule has 0 bridgehead atoms. The van der Waals surface area contributed by atoms with Gasteiger partial charge in [0.2, 0.25) is 11.8 Å². The first-order chi connectivity index (χ1) is 12.3. The van der Waals surface area contributed by atoms with Crippen molar-refractivity contribution in [1.82, 2.24) is 20.2 Å². The molecule has 4 rings (SSSR count). The van der Waals surface area contributed by atoms with E-state index in [1.807, 2.05) is 30.3 Å². The standard InChI is InChI=1S/C17H11ClN4O2S/c18-13-5-1-3-11(7-13)15-20-14(9-23-15)10-25-17-22-21-16(24-17)12-4-2-6-19-8-12/h1-9H,10H2. The molecule has 0 unspecified atom stereocenters. The van der Waals surface area contributed by atoms with Gasteiger partial charge in [0.25, 0.3) is 5.22 Å². The average molecular weight is 371 g/mol. The molecule has 0 fully saturated rings. The predicted octanol–water partition coefficient (Wildman–Crippen LogP) is 4.73. The van der Waals surface area contributed by atoms with Gasteiger partial charge >= 0.3 is 0 Å². The zero-order valence-electron chi connectivity index (χ0n) is 12.8. The second kappa shape index (κ2) is 7.08. The van der Waals surface area contributed by atoms with Crippen LogP contribution in [0.15, 0.2) is 69.1 Å². The lowest BCUT2D eigenvalue weighted by molar-refractivity contribution is 0.465. The summed E-state index contributed by atoms with van der Waals surface area (Å²) in [5.74, 6) is 1.52. The summed E-state index contributed by atoms with van der Waals surface area (Å²) >= 11 is 7.38. The van der Waals surface area contributed by atoms with E-state index in [1.165, 1.54) is 11.8 Å². The van der Waals surface area contributed by atoms with Crippen molar-refractivity contribution in [2.75, 3.05) is 0 Å². The van der Waals surface area contributed by atoms with Crippen LogP contribution in [0.1, 0.15) is 5.69 Å². The molecule has 0 amide bonds. The van der Waals surface area contributed by atoms with E-state index in [-0.39, 0.29) is 0 Å². The number of halogens is 1. The molecule has 8 heteroatoms. The Balaban J connectivity index is 1.43. The number of oxazole rings is 1. The maximum atomic E-state index is 5.99. The molecule has 0 saturated carbocycles. The Morgan fingerprint density at radius 2 is 1.96 bits per heavy atom. The molecule has 0 radical (unpaired) electrons. The molecule has 0 spiro atoms. The van der Waals surface area contributed by atoms with Crippen LogP contribution >= 0.6 is 23.4 Å². The van der Waals surface area contributed by atoms with E-state index in [4.69, 9.17) is 20.4 Å². The predicted molar refractivity (Wildman–Crippen MR) is 94.0 cm³/mol. The molecule has 0 atom stereocenters. The van der Waals surface area contributed by atoms with Gasteiger partial charge in [0, 0.05) is 28.7 Å². The normalized spacial score (nSPS) is 10.9. The summed E-state index contributed by atoms with van der Waals surface area (Å²) in [5, 5.41) is 9.16. The molecule has 0 aliphatic carbocycles.